The molecule has 0 unspecified atom stereocenters. The SMILES string of the molecule is Cc1ccc(N2C[C@@H](NC(=O)NCc3ccc4[nH]c5c(c4c3)CCCC5)CC2=O)cc1. The largest absolute Gasteiger partial charge is 0.358 e. The number of rotatable bonds is 4. The third-order valence-corrected chi connectivity index (χ3v) is 6.42. The zero-order chi connectivity index (χ0) is 21.4. The molecule has 1 aliphatic carbocycles. The zero-order valence-corrected chi connectivity index (χ0v) is 17.8. The molecular weight excluding hydrogens is 388 g/mol. The molecule has 3 aromatic rings. The molecule has 5 rings (SSSR count). The lowest BCUT2D eigenvalue weighted by Crippen LogP contribution is -2.43. The van der Waals surface area contributed by atoms with E-state index in [1.54, 1.807) is 4.90 Å². The van der Waals surface area contributed by atoms with Crippen molar-refractivity contribution < 1.29 is 9.59 Å². The molecular formula is C25H28N4O2. The Labute approximate surface area is 182 Å². The van der Waals surface area contributed by atoms with Crippen LogP contribution in [0.4, 0.5) is 10.5 Å². The average molecular weight is 417 g/mol. The third-order valence-electron chi connectivity index (χ3n) is 6.42. The molecule has 1 saturated heterocycles. The smallest absolute Gasteiger partial charge is 0.315 e. The topological polar surface area (TPSA) is 77.2 Å². The van der Waals surface area contributed by atoms with Crippen molar-refractivity contribution in [3.63, 3.8) is 0 Å². The highest BCUT2D eigenvalue weighted by molar-refractivity contribution is 5.96. The number of aromatic nitrogens is 1. The molecule has 3 N–H and O–H groups in total. The number of nitrogens with one attached hydrogen (secondary N) is 3. The van der Waals surface area contributed by atoms with Crippen LogP contribution in [0.3, 0.4) is 0 Å². The van der Waals surface area contributed by atoms with Crippen LogP contribution in [0.2, 0.25) is 0 Å². The summed E-state index contributed by atoms with van der Waals surface area (Å²) in [5.41, 5.74) is 7.10. The number of nitrogens with zero attached hydrogens (tertiary/aromatic N) is 1. The number of H-pyrrole nitrogens is 1. The summed E-state index contributed by atoms with van der Waals surface area (Å²) in [6.45, 7) is 2.98. The first kappa shape index (κ1) is 19.7. The van der Waals surface area contributed by atoms with E-state index in [1.165, 1.54) is 35.0 Å². The van der Waals surface area contributed by atoms with E-state index in [0.717, 1.165) is 29.7 Å². The molecule has 2 aliphatic rings. The number of urea groups is 1. The maximum absolute atomic E-state index is 12.5. The van der Waals surface area contributed by atoms with Crippen LogP contribution in [0.15, 0.2) is 42.5 Å². The Morgan fingerprint density at radius 2 is 1.94 bits per heavy atom. The number of aryl methyl sites for hydroxylation is 3. The van der Waals surface area contributed by atoms with Crippen molar-refractivity contribution in [3.05, 3.63) is 64.8 Å². The molecule has 3 amide bonds. The minimum Gasteiger partial charge on any atom is -0.358 e. The van der Waals surface area contributed by atoms with E-state index in [1.807, 2.05) is 31.2 Å². The second-order valence-electron chi connectivity index (χ2n) is 8.74. The summed E-state index contributed by atoms with van der Waals surface area (Å²) < 4.78 is 0. The summed E-state index contributed by atoms with van der Waals surface area (Å²) in [5.74, 6) is 0.0387. The molecule has 160 valence electrons. The number of carbonyl (C=O) groups is 2. The molecule has 1 aromatic heterocycles. The Kier molecular flexibility index (Phi) is 5.14. The van der Waals surface area contributed by atoms with Crippen molar-refractivity contribution in [2.24, 2.45) is 0 Å². The minimum atomic E-state index is -0.236. The van der Waals surface area contributed by atoms with E-state index < -0.39 is 0 Å². The number of amides is 3. The van der Waals surface area contributed by atoms with Gasteiger partial charge in [-0.2, -0.15) is 0 Å². The summed E-state index contributed by atoms with van der Waals surface area (Å²) in [4.78, 5) is 30.1. The quantitative estimate of drug-likeness (QED) is 0.602. The first-order valence-electron chi connectivity index (χ1n) is 11.1. The molecule has 31 heavy (non-hydrogen) atoms. The highest BCUT2D eigenvalue weighted by atomic mass is 16.2. The molecule has 6 nitrogen and oxygen atoms in total. The van der Waals surface area contributed by atoms with E-state index in [0.29, 0.717) is 19.5 Å². The number of anilines is 1. The van der Waals surface area contributed by atoms with E-state index in [4.69, 9.17) is 0 Å². The first-order chi connectivity index (χ1) is 15.1. The van der Waals surface area contributed by atoms with Crippen LogP contribution in [0.5, 0.6) is 0 Å². The van der Waals surface area contributed by atoms with Gasteiger partial charge in [-0.15, -0.1) is 0 Å². The molecule has 1 aliphatic heterocycles. The molecule has 0 saturated carbocycles. The monoisotopic (exact) mass is 416 g/mol. The van der Waals surface area contributed by atoms with Crippen LogP contribution in [0.25, 0.3) is 10.9 Å². The summed E-state index contributed by atoms with van der Waals surface area (Å²) in [7, 11) is 0. The lowest BCUT2D eigenvalue weighted by molar-refractivity contribution is -0.117. The van der Waals surface area contributed by atoms with E-state index in [2.05, 4.69) is 33.8 Å². The molecule has 2 aromatic carbocycles. The predicted octanol–water partition coefficient (Wildman–Crippen LogP) is 3.96. The Balaban J connectivity index is 1.18. The standard InChI is InChI=1S/C25H28N4O2/c1-16-6-9-19(10-7-16)29-15-18(13-24(29)30)27-25(31)26-14-17-8-11-23-21(12-17)20-4-2-3-5-22(20)28-23/h6-12,18,28H,2-5,13-15H2,1H3,(H2,26,27,31)/t18-/m0/s1. The fraction of sp³-hybridized carbons (Fsp3) is 0.360. The van der Waals surface area contributed by atoms with E-state index in [-0.39, 0.29) is 18.0 Å². The fourth-order valence-electron chi connectivity index (χ4n) is 4.76. The molecule has 1 fully saturated rings. The van der Waals surface area contributed by atoms with Gasteiger partial charge in [-0.3, -0.25) is 4.79 Å². The van der Waals surface area contributed by atoms with Gasteiger partial charge in [0.15, 0.2) is 0 Å². The number of benzene rings is 2. The van der Waals surface area contributed by atoms with Gasteiger partial charge in [-0.1, -0.05) is 23.8 Å². The highest BCUT2D eigenvalue weighted by Crippen LogP contribution is 2.29. The van der Waals surface area contributed by atoms with Gasteiger partial charge in [-0.05, 0) is 68.0 Å². The van der Waals surface area contributed by atoms with Crippen LogP contribution in [-0.2, 0) is 24.2 Å². The molecule has 0 radical (unpaired) electrons. The number of aromatic amines is 1. The summed E-state index contributed by atoms with van der Waals surface area (Å²) in [5, 5.41) is 7.19. The number of hydrogen-bond acceptors (Lipinski definition) is 2. The Morgan fingerprint density at radius 1 is 1.13 bits per heavy atom. The maximum atomic E-state index is 12.5. The number of hydrogen-bond donors (Lipinski definition) is 3. The molecule has 1 atom stereocenters. The van der Waals surface area contributed by atoms with Crippen molar-refractivity contribution in [3.8, 4) is 0 Å². The third kappa shape index (κ3) is 4.02. The van der Waals surface area contributed by atoms with Gasteiger partial charge < -0.3 is 20.5 Å². The van der Waals surface area contributed by atoms with Gasteiger partial charge in [0.25, 0.3) is 0 Å². The first-order valence-corrected chi connectivity index (χ1v) is 11.1. The van der Waals surface area contributed by atoms with Crippen LogP contribution in [-0.4, -0.2) is 29.5 Å². The zero-order valence-electron chi connectivity index (χ0n) is 17.8. The second-order valence-corrected chi connectivity index (χ2v) is 8.74. The Hall–Kier alpha value is -3.28. The van der Waals surface area contributed by atoms with Crippen molar-refractivity contribution >= 4 is 28.5 Å². The Morgan fingerprint density at radius 3 is 2.77 bits per heavy atom. The summed E-state index contributed by atoms with van der Waals surface area (Å²) in [6.07, 6.45) is 5.06. The van der Waals surface area contributed by atoms with Gasteiger partial charge in [-0.25, -0.2) is 4.79 Å². The lowest BCUT2D eigenvalue weighted by Gasteiger charge is -2.17. The summed E-state index contributed by atoms with van der Waals surface area (Å²) >= 11 is 0. The average Bonchev–Trinajstić information content (AvgIpc) is 3.32. The van der Waals surface area contributed by atoms with Crippen LogP contribution in [0, 0.1) is 6.92 Å². The van der Waals surface area contributed by atoms with Crippen molar-refractivity contribution in [1.82, 2.24) is 15.6 Å². The summed E-state index contributed by atoms with van der Waals surface area (Å²) in [6, 6.07) is 13.8. The van der Waals surface area contributed by atoms with E-state index >= 15 is 0 Å². The van der Waals surface area contributed by atoms with Gasteiger partial charge in [0.2, 0.25) is 5.91 Å². The van der Waals surface area contributed by atoms with Gasteiger partial charge >= 0.3 is 6.03 Å². The maximum Gasteiger partial charge on any atom is 0.315 e. The van der Waals surface area contributed by atoms with Crippen LogP contribution >= 0.6 is 0 Å². The molecule has 2 heterocycles. The lowest BCUT2D eigenvalue weighted by atomic mass is 9.95. The van der Waals surface area contributed by atoms with Crippen molar-refractivity contribution in [1.29, 1.82) is 0 Å². The predicted molar refractivity (Wildman–Crippen MR) is 122 cm³/mol. The Bertz CT molecular complexity index is 1130. The van der Waals surface area contributed by atoms with Crippen molar-refractivity contribution in [2.75, 3.05) is 11.4 Å². The molecule has 6 heteroatoms. The molecule has 0 bridgehead atoms. The van der Waals surface area contributed by atoms with Gasteiger partial charge in [0, 0.05) is 41.8 Å². The van der Waals surface area contributed by atoms with Gasteiger partial charge in [0.05, 0.1) is 6.04 Å². The molecule has 0 spiro atoms. The van der Waals surface area contributed by atoms with Crippen LogP contribution < -0.4 is 15.5 Å². The normalized spacial score (nSPS) is 18.3. The second kappa shape index (κ2) is 8.10. The fourth-order valence-corrected chi connectivity index (χ4v) is 4.76. The van der Waals surface area contributed by atoms with E-state index in [9.17, 15) is 9.59 Å². The van der Waals surface area contributed by atoms with Crippen molar-refractivity contribution in [2.45, 2.75) is 51.6 Å². The van der Waals surface area contributed by atoms with Crippen LogP contribution in [0.1, 0.15) is 41.6 Å². The minimum absolute atomic E-state index is 0.0387. The highest BCUT2D eigenvalue weighted by Gasteiger charge is 2.31. The number of fused-ring (bicyclic) bond motifs is 3. The van der Waals surface area contributed by atoms with Gasteiger partial charge in [0.1, 0.15) is 0 Å². The number of carbonyl (C=O) groups excluding carboxylic acids is 2.